The van der Waals surface area contributed by atoms with Crippen molar-refractivity contribution in [2.24, 2.45) is 5.92 Å². The monoisotopic (exact) mass is 335 g/mol. The Morgan fingerprint density at radius 1 is 1.27 bits per heavy atom. The van der Waals surface area contributed by atoms with Gasteiger partial charge in [-0.2, -0.15) is 11.3 Å². The standard InChI is InChI=1S/C16H21N3OS2/c20-16(18-15-2-1-8-22-15)17-10-13-3-6-19(7-4-13)11-14-5-9-21-12-14/h1-2,5,8-9,12-13H,3-4,6-7,10-11H2,(H2,17,18,20). The Balaban J connectivity index is 1.34. The Morgan fingerprint density at radius 2 is 2.14 bits per heavy atom. The number of amides is 2. The molecule has 3 rings (SSSR count). The van der Waals surface area contributed by atoms with Gasteiger partial charge in [-0.05, 0) is 71.8 Å². The fourth-order valence-corrected chi connectivity index (χ4v) is 4.00. The molecule has 0 atom stereocenters. The van der Waals surface area contributed by atoms with Gasteiger partial charge in [0.25, 0.3) is 0 Å². The van der Waals surface area contributed by atoms with Crippen molar-refractivity contribution in [2.75, 3.05) is 25.0 Å². The Kier molecular flexibility index (Phi) is 5.48. The van der Waals surface area contributed by atoms with Crippen LogP contribution >= 0.6 is 22.7 Å². The summed E-state index contributed by atoms with van der Waals surface area (Å²) < 4.78 is 0. The number of hydrogen-bond donors (Lipinski definition) is 2. The number of piperidine rings is 1. The van der Waals surface area contributed by atoms with Crippen LogP contribution in [0, 0.1) is 5.92 Å². The van der Waals surface area contributed by atoms with Crippen LogP contribution in [0.1, 0.15) is 18.4 Å². The third-order valence-corrected chi connectivity index (χ3v) is 5.52. The first-order valence-electron chi connectivity index (χ1n) is 7.61. The van der Waals surface area contributed by atoms with Gasteiger partial charge in [0.1, 0.15) is 0 Å². The lowest BCUT2D eigenvalue weighted by atomic mass is 9.96. The van der Waals surface area contributed by atoms with Crippen molar-refractivity contribution in [3.63, 3.8) is 0 Å². The molecule has 4 nitrogen and oxygen atoms in total. The molecule has 22 heavy (non-hydrogen) atoms. The number of urea groups is 1. The molecule has 0 aromatic carbocycles. The summed E-state index contributed by atoms with van der Waals surface area (Å²) in [5, 5.41) is 13.1. The molecule has 1 aliphatic heterocycles. The molecule has 3 heterocycles. The average Bonchev–Trinajstić information content (AvgIpc) is 3.20. The highest BCUT2D eigenvalue weighted by Crippen LogP contribution is 2.19. The van der Waals surface area contributed by atoms with Gasteiger partial charge in [0.05, 0.1) is 5.00 Å². The van der Waals surface area contributed by atoms with Gasteiger partial charge in [-0.15, -0.1) is 11.3 Å². The molecular weight excluding hydrogens is 314 g/mol. The van der Waals surface area contributed by atoms with Crippen LogP contribution < -0.4 is 10.6 Å². The second-order valence-corrected chi connectivity index (χ2v) is 7.39. The predicted molar refractivity (Wildman–Crippen MR) is 93.7 cm³/mol. The van der Waals surface area contributed by atoms with E-state index in [-0.39, 0.29) is 6.03 Å². The quantitative estimate of drug-likeness (QED) is 0.872. The average molecular weight is 335 g/mol. The van der Waals surface area contributed by atoms with Crippen LogP contribution in [0.3, 0.4) is 0 Å². The van der Waals surface area contributed by atoms with Crippen LogP contribution in [0.25, 0.3) is 0 Å². The van der Waals surface area contributed by atoms with Gasteiger partial charge in [0.15, 0.2) is 0 Å². The zero-order valence-corrected chi connectivity index (χ0v) is 14.1. The molecule has 1 aliphatic rings. The summed E-state index contributed by atoms with van der Waals surface area (Å²) in [6, 6.07) is 5.95. The SMILES string of the molecule is O=C(NCC1CCN(Cc2ccsc2)CC1)Nc1cccs1. The lowest BCUT2D eigenvalue weighted by Crippen LogP contribution is -2.39. The minimum Gasteiger partial charge on any atom is -0.338 e. The van der Waals surface area contributed by atoms with E-state index in [1.165, 1.54) is 16.9 Å². The van der Waals surface area contributed by atoms with E-state index >= 15 is 0 Å². The second-order valence-electron chi connectivity index (χ2n) is 5.66. The highest BCUT2D eigenvalue weighted by Gasteiger charge is 2.19. The Hall–Kier alpha value is -1.37. The number of likely N-dealkylation sites (tertiary alicyclic amines) is 1. The van der Waals surface area contributed by atoms with E-state index in [9.17, 15) is 4.79 Å². The molecule has 1 saturated heterocycles. The molecule has 0 radical (unpaired) electrons. The lowest BCUT2D eigenvalue weighted by Gasteiger charge is -2.31. The Morgan fingerprint density at radius 3 is 2.82 bits per heavy atom. The summed E-state index contributed by atoms with van der Waals surface area (Å²) >= 11 is 3.30. The van der Waals surface area contributed by atoms with Crippen LogP contribution in [0.5, 0.6) is 0 Å². The van der Waals surface area contributed by atoms with Crippen LogP contribution in [0.2, 0.25) is 0 Å². The highest BCUT2D eigenvalue weighted by molar-refractivity contribution is 7.14. The van der Waals surface area contributed by atoms with Crippen molar-refractivity contribution in [2.45, 2.75) is 19.4 Å². The Bertz CT molecular complexity index is 560. The third-order valence-electron chi connectivity index (χ3n) is 4.00. The van der Waals surface area contributed by atoms with Crippen molar-refractivity contribution in [1.82, 2.24) is 10.2 Å². The maximum absolute atomic E-state index is 11.8. The molecule has 0 spiro atoms. The van der Waals surface area contributed by atoms with Crippen LogP contribution in [0.4, 0.5) is 9.80 Å². The largest absolute Gasteiger partial charge is 0.338 e. The van der Waals surface area contributed by atoms with Gasteiger partial charge in [-0.1, -0.05) is 0 Å². The van der Waals surface area contributed by atoms with Crippen LogP contribution in [0.15, 0.2) is 34.3 Å². The molecule has 2 amide bonds. The van der Waals surface area contributed by atoms with Gasteiger partial charge in [0.2, 0.25) is 0 Å². The van der Waals surface area contributed by atoms with Gasteiger partial charge in [0, 0.05) is 13.1 Å². The van der Waals surface area contributed by atoms with E-state index in [0.29, 0.717) is 5.92 Å². The van der Waals surface area contributed by atoms with E-state index in [0.717, 1.165) is 44.0 Å². The normalized spacial score (nSPS) is 16.5. The van der Waals surface area contributed by atoms with Gasteiger partial charge in [-0.25, -0.2) is 4.79 Å². The maximum Gasteiger partial charge on any atom is 0.319 e. The van der Waals surface area contributed by atoms with Crippen LogP contribution in [-0.2, 0) is 6.54 Å². The first-order valence-corrected chi connectivity index (χ1v) is 9.43. The van der Waals surface area contributed by atoms with Crippen molar-refractivity contribution >= 4 is 33.7 Å². The van der Waals surface area contributed by atoms with Gasteiger partial charge < -0.3 is 5.32 Å². The molecule has 6 heteroatoms. The Labute approximate surface area is 139 Å². The highest BCUT2D eigenvalue weighted by atomic mass is 32.1. The van der Waals surface area contributed by atoms with E-state index in [2.05, 4.69) is 32.4 Å². The van der Waals surface area contributed by atoms with Crippen molar-refractivity contribution < 1.29 is 4.79 Å². The number of thiophene rings is 2. The zero-order chi connectivity index (χ0) is 15.2. The maximum atomic E-state index is 11.8. The van der Waals surface area contributed by atoms with Crippen molar-refractivity contribution in [3.8, 4) is 0 Å². The minimum absolute atomic E-state index is 0.0943. The number of nitrogens with one attached hydrogen (secondary N) is 2. The third kappa shape index (κ3) is 4.56. The molecule has 2 aromatic rings. The molecule has 0 unspecified atom stereocenters. The summed E-state index contributed by atoms with van der Waals surface area (Å²) in [5.74, 6) is 0.591. The molecule has 2 N–H and O–H groups in total. The fraction of sp³-hybridized carbons (Fsp3) is 0.438. The smallest absolute Gasteiger partial charge is 0.319 e. The summed E-state index contributed by atoms with van der Waals surface area (Å²) in [4.78, 5) is 14.3. The summed E-state index contributed by atoms with van der Waals surface area (Å²) in [6.45, 7) is 4.06. The van der Waals surface area contributed by atoms with Gasteiger partial charge in [-0.3, -0.25) is 10.2 Å². The van der Waals surface area contributed by atoms with E-state index in [1.807, 2.05) is 17.5 Å². The minimum atomic E-state index is -0.0943. The second kappa shape index (κ2) is 7.76. The molecule has 0 aliphatic carbocycles. The van der Waals surface area contributed by atoms with E-state index in [4.69, 9.17) is 0 Å². The number of anilines is 1. The van der Waals surface area contributed by atoms with Gasteiger partial charge >= 0.3 is 6.03 Å². The number of hydrogen-bond acceptors (Lipinski definition) is 4. The number of carbonyl (C=O) groups excluding carboxylic acids is 1. The lowest BCUT2D eigenvalue weighted by molar-refractivity contribution is 0.176. The molecular formula is C16H21N3OS2. The first kappa shape index (κ1) is 15.5. The summed E-state index contributed by atoms with van der Waals surface area (Å²) in [6.07, 6.45) is 2.31. The molecule has 0 bridgehead atoms. The molecule has 1 fully saturated rings. The van der Waals surface area contributed by atoms with Crippen molar-refractivity contribution in [3.05, 3.63) is 39.9 Å². The number of nitrogens with zero attached hydrogens (tertiary/aromatic N) is 1. The summed E-state index contributed by atoms with van der Waals surface area (Å²) in [7, 11) is 0. The predicted octanol–water partition coefficient (Wildman–Crippen LogP) is 3.84. The van der Waals surface area contributed by atoms with E-state index < -0.39 is 0 Å². The molecule has 0 saturated carbocycles. The topological polar surface area (TPSA) is 44.4 Å². The molecule has 2 aromatic heterocycles. The fourth-order valence-electron chi connectivity index (χ4n) is 2.73. The van der Waals surface area contributed by atoms with Crippen molar-refractivity contribution in [1.29, 1.82) is 0 Å². The van der Waals surface area contributed by atoms with E-state index in [1.54, 1.807) is 11.3 Å². The number of carbonyl (C=O) groups is 1. The summed E-state index contributed by atoms with van der Waals surface area (Å²) in [5.41, 5.74) is 1.41. The van der Waals surface area contributed by atoms with Crippen LogP contribution in [-0.4, -0.2) is 30.6 Å². The number of rotatable bonds is 5. The zero-order valence-electron chi connectivity index (χ0n) is 12.5. The molecule has 118 valence electrons. The first-order chi connectivity index (χ1) is 10.8.